The van der Waals surface area contributed by atoms with Gasteiger partial charge in [0, 0.05) is 38.8 Å². The van der Waals surface area contributed by atoms with Crippen LogP contribution in [0.25, 0.3) is 11.1 Å². The SMILES string of the molecule is O=C([C@H]1CCCN(C2CCN(c3nc4ccccc4o3)CC2)C1)N1CCC(O)CC1. The molecule has 3 aliphatic rings. The molecule has 4 heterocycles. The first-order valence-electron chi connectivity index (χ1n) is 11.5. The summed E-state index contributed by atoms with van der Waals surface area (Å²) in [5, 5.41) is 9.71. The molecule has 0 radical (unpaired) electrons. The first kappa shape index (κ1) is 19.8. The number of anilines is 1. The number of rotatable bonds is 3. The highest BCUT2D eigenvalue weighted by Gasteiger charge is 2.35. The summed E-state index contributed by atoms with van der Waals surface area (Å²) in [4.78, 5) is 24.4. The van der Waals surface area contributed by atoms with Gasteiger partial charge in [0.2, 0.25) is 5.91 Å². The smallest absolute Gasteiger partial charge is 0.298 e. The lowest BCUT2D eigenvalue weighted by molar-refractivity contribution is -0.139. The number of likely N-dealkylation sites (tertiary alicyclic amines) is 2. The van der Waals surface area contributed by atoms with Gasteiger partial charge in [-0.3, -0.25) is 9.69 Å². The van der Waals surface area contributed by atoms with Gasteiger partial charge in [0.1, 0.15) is 5.52 Å². The molecule has 1 atom stereocenters. The quantitative estimate of drug-likeness (QED) is 0.835. The third-order valence-electron chi connectivity index (χ3n) is 7.11. The molecule has 3 fully saturated rings. The number of aromatic nitrogens is 1. The molecule has 0 aliphatic carbocycles. The molecule has 2 aromatic rings. The molecule has 30 heavy (non-hydrogen) atoms. The number of aliphatic hydroxyl groups is 1. The first-order chi connectivity index (χ1) is 14.7. The highest BCUT2D eigenvalue weighted by Crippen LogP contribution is 2.29. The van der Waals surface area contributed by atoms with Gasteiger partial charge in [0.15, 0.2) is 5.58 Å². The van der Waals surface area contributed by atoms with Crippen LogP contribution in [0.2, 0.25) is 0 Å². The second-order valence-corrected chi connectivity index (χ2v) is 9.07. The van der Waals surface area contributed by atoms with Crippen LogP contribution in [0.1, 0.15) is 38.5 Å². The molecule has 7 heteroatoms. The van der Waals surface area contributed by atoms with Crippen molar-refractivity contribution in [2.75, 3.05) is 44.2 Å². The molecule has 1 aromatic heterocycles. The monoisotopic (exact) mass is 412 g/mol. The Bertz CT molecular complexity index is 835. The number of amides is 1. The van der Waals surface area contributed by atoms with Crippen LogP contribution >= 0.6 is 0 Å². The lowest BCUT2D eigenvalue weighted by atomic mass is 9.92. The van der Waals surface area contributed by atoms with E-state index < -0.39 is 0 Å². The van der Waals surface area contributed by atoms with E-state index in [0.29, 0.717) is 25.0 Å². The Balaban J connectivity index is 1.16. The van der Waals surface area contributed by atoms with Crippen molar-refractivity contribution in [2.45, 2.75) is 50.7 Å². The van der Waals surface area contributed by atoms with Crippen LogP contribution in [0.3, 0.4) is 0 Å². The van der Waals surface area contributed by atoms with Crippen LogP contribution in [0.4, 0.5) is 6.01 Å². The number of para-hydroxylation sites is 2. The van der Waals surface area contributed by atoms with Gasteiger partial charge < -0.3 is 19.3 Å². The maximum absolute atomic E-state index is 13.0. The summed E-state index contributed by atoms with van der Waals surface area (Å²) >= 11 is 0. The zero-order chi connectivity index (χ0) is 20.5. The van der Waals surface area contributed by atoms with E-state index in [9.17, 15) is 9.90 Å². The van der Waals surface area contributed by atoms with E-state index in [0.717, 1.165) is 81.8 Å². The molecular formula is C23H32N4O3. The molecule has 0 bridgehead atoms. The summed E-state index contributed by atoms with van der Waals surface area (Å²) in [6.07, 6.45) is 5.45. The summed E-state index contributed by atoms with van der Waals surface area (Å²) in [6, 6.07) is 9.18. The van der Waals surface area contributed by atoms with Crippen molar-refractivity contribution < 1.29 is 14.3 Å². The lowest BCUT2D eigenvalue weighted by Crippen LogP contribution is -2.52. The average Bonchev–Trinajstić information content (AvgIpc) is 3.24. The van der Waals surface area contributed by atoms with Gasteiger partial charge in [0.25, 0.3) is 6.01 Å². The normalized spacial score (nSPS) is 25.2. The van der Waals surface area contributed by atoms with Gasteiger partial charge in [-0.05, 0) is 57.2 Å². The number of hydrogen-bond acceptors (Lipinski definition) is 6. The molecule has 1 N–H and O–H groups in total. The summed E-state index contributed by atoms with van der Waals surface area (Å²) < 4.78 is 5.94. The number of nitrogens with zero attached hydrogens (tertiary/aromatic N) is 4. The highest BCUT2D eigenvalue weighted by molar-refractivity contribution is 5.79. The number of oxazole rings is 1. The fourth-order valence-corrected chi connectivity index (χ4v) is 5.30. The largest absolute Gasteiger partial charge is 0.423 e. The Hall–Kier alpha value is -2.12. The molecule has 0 unspecified atom stereocenters. The van der Waals surface area contributed by atoms with Crippen molar-refractivity contribution in [3.05, 3.63) is 24.3 Å². The second-order valence-electron chi connectivity index (χ2n) is 9.07. The van der Waals surface area contributed by atoms with E-state index in [1.807, 2.05) is 29.2 Å². The Kier molecular flexibility index (Phi) is 5.65. The van der Waals surface area contributed by atoms with E-state index >= 15 is 0 Å². The van der Waals surface area contributed by atoms with Crippen molar-refractivity contribution in [1.29, 1.82) is 0 Å². The fraction of sp³-hybridized carbons (Fsp3) is 0.652. The molecule has 0 saturated carbocycles. The van der Waals surface area contributed by atoms with Crippen LogP contribution < -0.4 is 4.90 Å². The third kappa shape index (κ3) is 4.05. The molecule has 5 rings (SSSR count). The second kappa shape index (κ2) is 8.55. The summed E-state index contributed by atoms with van der Waals surface area (Å²) in [5.74, 6) is 0.416. The Morgan fingerprint density at radius 2 is 1.77 bits per heavy atom. The summed E-state index contributed by atoms with van der Waals surface area (Å²) in [7, 11) is 0. The predicted octanol–water partition coefficient (Wildman–Crippen LogP) is 2.49. The number of carbonyl (C=O) groups is 1. The van der Waals surface area contributed by atoms with Gasteiger partial charge >= 0.3 is 0 Å². The Morgan fingerprint density at radius 1 is 1.00 bits per heavy atom. The highest BCUT2D eigenvalue weighted by atomic mass is 16.4. The van der Waals surface area contributed by atoms with Crippen molar-refractivity contribution in [3.63, 3.8) is 0 Å². The molecule has 3 saturated heterocycles. The lowest BCUT2D eigenvalue weighted by Gasteiger charge is -2.43. The standard InChI is InChI=1S/C23H32N4O3/c28-19-9-14-25(15-10-19)22(29)17-4-3-11-27(16-17)18-7-12-26(13-8-18)23-24-20-5-1-2-6-21(20)30-23/h1-2,5-6,17-19,28H,3-4,7-16H2/t17-/m0/s1. The van der Waals surface area contributed by atoms with E-state index in [-0.39, 0.29) is 12.0 Å². The summed E-state index contributed by atoms with van der Waals surface area (Å²) in [5.41, 5.74) is 1.76. The minimum Gasteiger partial charge on any atom is -0.423 e. The predicted molar refractivity (Wildman–Crippen MR) is 115 cm³/mol. The van der Waals surface area contributed by atoms with E-state index in [1.165, 1.54) is 0 Å². The van der Waals surface area contributed by atoms with E-state index in [2.05, 4.69) is 14.8 Å². The van der Waals surface area contributed by atoms with Crippen LogP contribution in [0, 0.1) is 5.92 Å². The number of hydrogen-bond donors (Lipinski definition) is 1. The van der Waals surface area contributed by atoms with Crippen LogP contribution in [0.15, 0.2) is 28.7 Å². The molecule has 1 amide bonds. The Labute approximate surface area is 177 Å². The van der Waals surface area contributed by atoms with Crippen molar-refractivity contribution in [2.24, 2.45) is 5.92 Å². The molecule has 0 spiro atoms. The summed E-state index contributed by atoms with van der Waals surface area (Å²) in [6.45, 7) is 5.27. The van der Waals surface area contributed by atoms with Gasteiger partial charge in [0.05, 0.1) is 12.0 Å². The zero-order valence-corrected chi connectivity index (χ0v) is 17.6. The van der Waals surface area contributed by atoms with Crippen molar-refractivity contribution in [3.8, 4) is 0 Å². The fourth-order valence-electron chi connectivity index (χ4n) is 5.30. The van der Waals surface area contributed by atoms with Crippen LogP contribution in [0.5, 0.6) is 0 Å². The average molecular weight is 413 g/mol. The van der Waals surface area contributed by atoms with Gasteiger partial charge in [-0.15, -0.1) is 0 Å². The van der Waals surface area contributed by atoms with Crippen molar-refractivity contribution in [1.82, 2.24) is 14.8 Å². The van der Waals surface area contributed by atoms with Crippen LogP contribution in [-0.4, -0.2) is 77.2 Å². The number of carbonyl (C=O) groups excluding carboxylic acids is 1. The zero-order valence-electron chi connectivity index (χ0n) is 17.6. The van der Waals surface area contributed by atoms with Crippen LogP contribution in [-0.2, 0) is 4.79 Å². The topological polar surface area (TPSA) is 73.1 Å². The number of benzene rings is 1. The maximum Gasteiger partial charge on any atom is 0.298 e. The third-order valence-corrected chi connectivity index (χ3v) is 7.11. The Morgan fingerprint density at radius 3 is 2.53 bits per heavy atom. The van der Waals surface area contributed by atoms with Gasteiger partial charge in [-0.25, -0.2) is 0 Å². The minimum atomic E-state index is -0.233. The molecule has 162 valence electrons. The first-order valence-corrected chi connectivity index (χ1v) is 11.5. The maximum atomic E-state index is 13.0. The number of piperidine rings is 3. The van der Waals surface area contributed by atoms with E-state index in [1.54, 1.807) is 0 Å². The minimum absolute atomic E-state index is 0.115. The number of fused-ring (bicyclic) bond motifs is 1. The molecular weight excluding hydrogens is 380 g/mol. The van der Waals surface area contributed by atoms with Gasteiger partial charge in [-0.2, -0.15) is 4.98 Å². The number of aliphatic hydroxyl groups excluding tert-OH is 1. The van der Waals surface area contributed by atoms with Gasteiger partial charge in [-0.1, -0.05) is 12.1 Å². The molecule has 1 aromatic carbocycles. The molecule has 7 nitrogen and oxygen atoms in total. The van der Waals surface area contributed by atoms with Crippen molar-refractivity contribution >= 4 is 23.0 Å². The molecule has 3 aliphatic heterocycles. The van der Waals surface area contributed by atoms with E-state index in [4.69, 9.17) is 4.42 Å².